The van der Waals surface area contributed by atoms with Gasteiger partial charge >= 0.3 is 0 Å². The van der Waals surface area contributed by atoms with Crippen molar-refractivity contribution >= 4 is 44.8 Å². The number of rotatable bonds is 8. The number of benzene rings is 3. The van der Waals surface area contributed by atoms with E-state index in [2.05, 4.69) is 19.2 Å². The Morgan fingerprint density at radius 3 is 2.14 bits per heavy atom. The van der Waals surface area contributed by atoms with Gasteiger partial charge in [0, 0.05) is 12.2 Å². The summed E-state index contributed by atoms with van der Waals surface area (Å²) in [6.45, 7) is 11.1. The summed E-state index contributed by atoms with van der Waals surface area (Å²) < 4.78 is 29.1. The van der Waals surface area contributed by atoms with Gasteiger partial charge in [-0.25, -0.2) is 8.42 Å². The quantitative estimate of drug-likeness (QED) is 0.325. The van der Waals surface area contributed by atoms with Crippen LogP contribution in [0.25, 0.3) is 0 Å². The van der Waals surface area contributed by atoms with E-state index in [9.17, 15) is 13.2 Å². The number of anilines is 1. The zero-order valence-corrected chi connectivity index (χ0v) is 23.8. The van der Waals surface area contributed by atoms with Crippen molar-refractivity contribution < 1.29 is 13.2 Å². The number of aryl methyl sites for hydroxylation is 4. The Morgan fingerprint density at radius 2 is 1.56 bits per heavy atom. The highest BCUT2D eigenvalue weighted by atomic mass is 35.5. The molecule has 0 aliphatic heterocycles. The second kappa shape index (κ2) is 11.3. The molecule has 3 rings (SSSR count). The molecular weight excluding hydrogens is 515 g/mol. The van der Waals surface area contributed by atoms with E-state index in [-0.39, 0.29) is 23.9 Å². The molecule has 0 spiro atoms. The Bertz CT molecular complexity index is 1380. The molecule has 0 aliphatic carbocycles. The summed E-state index contributed by atoms with van der Waals surface area (Å²) in [6, 6.07) is 14.5. The normalized spacial score (nSPS) is 11.8. The smallest absolute Gasteiger partial charge is 0.244 e. The van der Waals surface area contributed by atoms with Gasteiger partial charge in [-0.05, 0) is 73.6 Å². The average molecular weight is 548 g/mol. The molecule has 0 atom stereocenters. The monoisotopic (exact) mass is 546 g/mol. The van der Waals surface area contributed by atoms with Gasteiger partial charge in [-0.2, -0.15) is 4.31 Å². The summed E-state index contributed by atoms with van der Waals surface area (Å²) in [5.41, 5.74) is 5.49. The van der Waals surface area contributed by atoms with Crippen LogP contribution in [0.1, 0.15) is 53.1 Å². The average Bonchev–Trinajstić information content (AvgIpc) is 2.76. The first kappa shape index (κ1) is 28.2. The molecule has 0 unspecified atom stereocenters. The van der Waals surface area contributed by atoms with Gasteiger partial charge in [0.25, 0.3) is 0 Å². The minimum absolute atomic E-state index is 0.0375. The molecule has 0 saturated heterocycles. The second-order valence-corrected chi connectivity index (χ2v) is 12.2. The number of hydrogen-bond acceptors (Lipinski definition) is 3. The standard InChI is InChI=1S/C28H32Cl2N2O3S/c1-17(2)23-9-7-8-19(4)27(23)31-26(33)16-32(15-22-10-11-24(29)25(30)14-22)36(34,35)28-20(5)12-18(3)13-21(28)6/h7-14,17H,15-16H2,1-6H3,(H,31,33). The molecular formula is C28H32Cl2N2O3S. The van der Waals surface area contributed by atoms with Crippen molar-refractivity contribution in [1.82, 2.24) is 4.31 Å². The molecule has 5 nitrogen and oxygen atoms in total. The maximum atomic E-state index is 14.0. The van der Waals surface area contributed by atoms with E-state index in [1.807, 2.05) is 44.2 Å². The van der Waals surface area contributed by atoms with Crippen LogP contribution in [0.3, 0.4) is 0 Å². The van der Waals surface area contributed by atoms with Crippen LogP contribution >= 0.6 is 23.2 Å². The first-order chi connectivity index (χ1) is 16.8. The maximum Gasteiger partial charge on any atom is 0.244 e. The molecule has 3 aromatic carbocycles. The number of para-hydroxylation sites is 1. The van der Waals surface area contributed by atoms with Gasteiger partial charge in [-0.3, -0.25) is 4.79 Å². The minimum atomic E-state index is -4.03. The highest BCUT2D eigenvalue weighted by Crippen LogP contribution is 2.30. The van der Waals surface area contributed by atoms with Crippen molar-refractivity contribution in [1.29, 1.82) is 0 Å². The lowest BCUT2D eigenvalue weighted by Crippen LogP contribution is -2.38. The Kier molecular flexibility index (Phi) is 8.88. The molecule has 0 aromatic heterocycles. The number of sulfonamides is 1. The maximum absolute atomic E-state index is 14.0. The lowest BCUT2D eigenvalue weighted by molar-refractivity contribution is -0.116. The van der Waals surface area contributed by atoms with Crippen molar-refractivity contribution in [3.8, 4) is 0 Å². The van der Waals surface area contributed by atoms with Crippen molar-refractivity contribution in [3.63, 3.8) is 0 Å². The van der Waals surface area contributed by atoms with Crippen LogP contribution in [0.4, 0.5) is 5.69 Å². The van der Waals surface area contributed by atoms with Crippen molar-refractivity contribution in [2.24, 2.45) is 0 Å². The van der Waals surface area contributed by atoms with E-state index in [0.717, 1.165) is 16.7 Å². The number of carbonyl (C=O) groups excluding carboxylic acids is 1. The predicted molar refractivity (Wildman–Crippen MR) is 149 cm³/mol. The number of nitrogens with one attached hydrogen (secondary N) is 1. The summed E-state index contributed by atoms with van der Waals surface area (Å²) in [7, 11) is -4.03. The van der Waals surface area contributed by atoms with Gasteiger partial charge in [-0.1, -0.05) is 79.0 Å². The van der Waals surface area contributed by atoms with E-state index in [1.54, 1.807) is 32.0 Å². The van der Waals surface area contributed by atoms with Crippen LogP contribution in [-0.2, 0) is 21.4 Å². The van der Waals surface area contributed by atoms with Crippen LogP contribution in [0.15, 0.2) is 53.4 Å². The van der Waals surface area contributed by atoms with Crippen LogP contribution in [-0.4, -0.2) is 25.2 Å². The van der Waals surface area contributed by atoms with Gasteiger partial charge in [0.1, 0.15) is 0 Å². The zero-order chi connectivity index (χ0) is 26.8. The van der Waals surface area contributed by atoms with Crippen LogP contribution in [0.2, 0.25) is 10.0 Å². The number of hydrogen-bond donors (Lipinski definition) is 1. The van der Waals surface area contributed by atoms with Gasteiger partial charge in [0.15, 0.2) is 0 Å². The van der Waals surface area contributed by atoms with Gasteiger partial charge in [-0.15, -0.1) is 0 Å². The minimum Gasteiger partial charge on any atom is -0.324 e. The third kappa shape index (κ3) is 6.30. The fraction of sp³-hybridized carbons (Fsp3) is 0.321. The Balaban J connectivity index is 2.03. The molecule has 0 radical (unpaired) electrons. The second-order valence-electron chi connectivity index (χ2n) is 9.49. The molecule has 0 fully saturated rings. The molecule has 36 heavy (non-hydrogen) atoms. The molecule has 0 aliphatic rings. The Morgan fingerprint density at radius 1 is 0.917 bits per heavy atom. The Hall–Kier alpha value is -2.38. The van der Waals surface area contributed by atoms with Gasteiger partial charge in [0.05, 0.1) is 21.5 Å². The van der Waals surface area contributed by atoms with Crippen LogP contribution in [0.5, 0.6) is 0 Å². The SMILES string of the molecule is Cc1cc(C)c(S(=O)(=O)N(CC(=O)Nc2c(C)cccc2C(C)C)Cc2ccc(Cl)c(Cl)c2)c(C)c1. The highest BCUT2D eigenvalue weighted by molar-refractivity contribution is 7.89. The van der Waals surface area contributed by atoms with Crippen LogP contribution < -0.4 is 5.32 Å². The predicted octanol–water partition coefficient (Wildman–Crippen LogP) is 7.18. The summed E-state index contributed by atoms with van der Waals surface area (Å²) >= 11 is 12.3. The molecule has 1 amide bonds. The number of halogens is 2. The first-order valence-corrected chi connectivity index (χ1v) is 13.9. The Labute approximate surface area is 224 Å². The van der Waals surface area contributed by atoms with Crippen LogP contribution in [0, 0.1) is 27.7 Å². The van der Waals surface area contributed by atoms with E-state index in [0.29, 0.717) is 32.4 Å². The molecule has 0 heterocycles. The lowest BCUT2D eigenvalue weighted by Gasteiger charge is -2.25. The molecule has 3 aromatic rings. The zero-order valence-electron chi connectivity index (χ0n) is 21.4. The molecule has 192 valence electrons. The highest BCUT2D eigenvalue weighted by Gasteiger charge is 2.30. The summed E-state index contributed by atoms with van der Waals surface area (Å²) in [4.78, 5) is 13.5. The number of amides is 1. The molecule has 0 saturated carbocycles. The summed E-state index contributed by atoms with van der Waals surface area (Å²) in [5, 5.41) is 3.66. The van der Waals surface area contributed by atoms with Gasteiger partial charge in [0.2, 0.25) is 15.9 Å². The van der Waals surface area contributed by atoms with E-state index >= 15 is 0 Å². The third-order valence-electron chi connectivity index (χ3n) is 6.06. The van der Waals surface area contributed by atoms with Crippen molar-refractivity contribution in [2.45, 2.75) is 58.9 Å². The van der Waals surface area contributed by atoms with E-state index < -0.39 is 15.9 Å². The van der Waals surface area contributed by atoms with Crippen molar-refractivity contribution in [3.05, 3.63) is 92.0 Å². The first-order valence-electron chi connectivity index (χ1n) is 11.7. The fourth-order valence-electron chi connectivity index (χ4n) is 4.45. The molecule has 1 N–H and O–H groups in total. The summed E-state index contributed by atoms with van der Waals surface area (Å²) in [5.74, 6) is -0.230. The number of nitrogens with zero attached hydrogens (tertiary/aromatic N) is 1. The van der Waals surface area contributed by atoms with E-state index in [1.165, 1.54) is 4.31 Å². The lowest BCUT2D eigenvalue weighted by atomic mass is 9.98. The van der Waals surface area contributed by atoms with E-state index in [4.69, 9.17) is 23.2 Å². The molecule has 8 heteroatoms. The van der Waals surface area contributed by atoms with Gasteiger partial charge < -0.3 is 5.32 Å². The van der Waals surface area contributed by atoms with Crippen molar-refractivity contribution in [2.75, 3.05) is 11.9 Å². The topological polar surface area (TPSA) is 66.5 Å². The summed E-state index contributed by atoms with van der Waals surface area (Å²) in [6.07, 6.45) is 0. The third-order valence-corrected chi connectivity index (χ3v) is 8.89. The fourth-order valence-corrected chi connectivity index (χ4v) is 6.57. The number of carbonyl (C=O) groups is 1. The largest absolute Gasteiger partial charge is 0.324 e. The molecule has 0 bridgehead atoms.